The number of hydrogen-bond donors (Lipinski definition) is 1. The molecule has 0 saturated heterocycles. The summed E-state index contributed by atoms with van der Waals surface area (Å²) in [5.74, 6) is 0.959. The average molecular weight is 489 g/mol. The van der Waals surface area contributed by atoms with Gasteiger partial charge in [0.15, 0.2) is 0 Å². The molecule has 1 aromatic heterocycles. The summed E-state index contributed by atoms with van der Waals surface area (Å²) in [6.45, 7) is 2.59. The van der Waals surface area contributed by atoms with E-state index in [9.17, 15) is 9.59 Å². The highest BCUT2D eigenvalue weighted by molar-refractivity contribution is 7.10. The van der Waals surface area contributed by atoms with Gasteiger partial charge in [0.05, 0.1) is 7.11 Å². The van der Waals surface area contributed by atoms with Gasteiger partial charge in [-0.25, -0.2) is 0 Å². The minimum atomic E-state index is -0.931. The van der Waals surface area contributed by atoms with Crippen molar-refractivity contribution in [3.8, 4) is 5.75 Å². The van der Waals surface area contributed by atoms with E-state index in [1.807, 2.05) is 78.2 Å². The maximum atomic E-state index is 14.0. The van der Waals surface area contributed by atoms with E-state index in [0.29, 0.717) is 31.0 Å². The van der Waals surface area contributed by atoms with Gasteiger partial charge in [-0.3, -0.25) is 9.59 Å². The van der Waals surface area contributed by atoms with Gasteiger partial charge in [-0.1, -0.05) is 43.3 Å². The van der Waals surface area contributed by atoms with E-state index in [0.717, 1.165) is 29.0 Å². The number of carbonyl (C=O) groups is 2. The van der Waals surface area contributed by atoms with Crippen molar-refractivity contribution in [1.29, 1.82) is 0 Å². The molecule has 1 aliphatic carbocycles. The van der Waals surface area contributed by atoms with Crippen LogP contribution in [0.5, 0.6) is 5.75 Å². The molecular formula is C29H32N2O3S. The van der Waals surface area contributed by atoms with Crippen LogP contribution >= 0.6 is 11.3 Å². The van der Waals surface area contributed by atoms with Crippen LogP contribution in [0.1, 0.15) is 43.0 Å². The number of benzene rings is 2. The van der Waals surface area contributed by atoms with Gasteiger partial charge in [-0.15, -0.1) is 11.3 Å². The van der Waals surface area contributed by atoms with Crippen molar-refractivity contribution in [3.63, 3.8) is 0 Å². The van der Waals surface area contributed by atoms with Crippen LogP contribution in [0.15, 0.2) is 78.2 Å². The minimum absolute atomic E-state index is 0.136. The number of nitrogens with zero attached hydrogens (tertiary/aromatic N) is 1. The van der Waals surface area contributed by atoms with Gasteiger partial charge in [0.2, 0.25) is 11.8 Å². The van der Waals surface area contributed by atoms with Crippen molar-refractivity contribution in [2.24, 2.45) is 5.92 Å². The third kappa shape index (κ3) is 6.01. The highest BCUT2D eigenvalue weighted by Gasteiger charge is 2.47. The van der Waals surface area contributed by atoms with Gasteiger partial charge in [-0.05, 0) is 79.0 Å². The zero-order valence-electron chi connectivity index (χ0n) is 20.3. The Morgan fingerprint density at radius 2 is 1.77 bits per heavy atom. The maximum absolute atomic E-state index is 14.0. The second kappa shape index (κ2) is 11.4. The van der Waals surface area contributed by atoms with E-state index in [1.165, 1.54) is 0 Å². The molecule has 1 aliphatic rings. The van der Waals surface area contributed by atoms with E-state index in [-0.39, 0.29) is 11.8 Å². The summed E-state index contributed by atoms with van der Waals surface area (Å²) in [6, 6.07) is 21.1. The Morgan fingerprint density at radius 1 is 1.06 bits per heavy atom. The average Bonchev–Trinajstić information content (AvgIpc) is 3.41. The van der Waals surface area contributed by atoms with Crippen LogP contribution in [0.2, 0.25) is 0 Å². The third-order valence-electron chi connectivity index (χ3n) is 6.77. The second-order valence-electron chi connectivity index (χ2n) is 9.16. The first kappa shape index (κ1) is 24.7. The molecule has 2 amide bonds. The van der Waals surface area contributed by atoms with E-state index in [1.54, 1.807) is 29.4 Å². The number of amides is 2. The lowest BCUT2D eigenvalue weighted by atomic mass is 9.75. The fourth-order valence-corrected chi connectivity index (χ4v) is 5.23. The monoisotopic (exact) mass is 488 g/mol. The number of rotatable bonds is 8. The van der Waals surface area contributed by atoms with Gasteiger partial charge in [0.1, 0.15) is 11.3 Å². The number of nitrogens with one attached hydrogen (secondary N) is 1. The molecule has 1 heterocycles. The number of methoxy groups -OCH3 is 1. The van der Waals surface area contributed by atoms with Gasteiger partial charge in [0, 0.05) is 23.2 Å². The maximum Gasteiger partial charge on any atom is 0.250 e. The lowest BCUT2D eigenvalue weighted by molar-refractivity contribution is -0.145. The van der Waals surface area contributed by atoms with Crippen molar-refractivity contribution in [1.82, 2.24) is 4.90 Å². The Balaban J connectivity index is 1.68. The largest absolute Gasteiger partial charge is 0.497 e. The Hall–Kier alpha value is -3.38. The van der Waals surface area contributed by atoms with Gasteiger partial charge in [-0.2, -0.15) is 0 Å². The van der Waals surface area contributed by atoms with Crippen molar-refractivity contribution in [2.45, 2.75) is 44.7 Å². The van der Waals surface area contributed by atoms with Gasteiger partial charge < -0.3 is 15.0 Å². The van der Waals surface area contributed by atoms with Crippen LogP contribution in [0.3, 0.4) is 0 Å². The molecule has 2 aromatic carbocycles. The summed E-state index contributed by atoms with van der Waals surface area (Å²) in [4.78, 5) is 30.5. The molecule has 0 spiro atoms. The summed E-state index contributed by atoms with van der Waals surface area (Å²) in [7, 11) is 1.61. The van der Waals surface area contributed by atoms with Crippen LogP contribution < -0.4 is 10.1 Å². The number of hydrogen-bond acceptors (Lipinski definition) is 4. The quantitative estimate of drug-likeness (QED) is 0.374. The van der Waals surface area contributed by atoms with Gasteiger partial charge in [0.25, 0.3) is 0 Å². The highest BCUT2D eigenvalue weighted by atomic mass is 32.1. The highest BCUT2D eigenvalue weighted by Crippen LogP contribution is 2.39. The normalized spacial score (nSPS) is 19.9. The molecule has 1 fully saturated rings. The van der Waals surface area contributed by atoms with Crippen molar-refractivity contribution in [2.75, 3.05) is 12.4 Å². The lowest BCUT2D eigenvalue weighted by Crippen LogP contribution is -2.59. The molecule has 0 atom stereocenters. The zero-order valence-corrected chi connectivity index (χ0v) is 21.1. The molecule has 3 aromatic rings. The van der Waals surface area contributed by atoms with E-state index in [4.69, 9.17) is 4.74 Å². The Labute approximate surface area is 211 Å². The molecule has 1 saturated carbocycles. The number of thiophene rings is 1. The number of ether oxygens (including phenoxy) is 1. The molecule has 35 heavy (non-hydrogen) atoms. The Morgan fingerprint density at radius 3 is 2.40 bits per heavy atom. The molecular weight excluding hydrogens is 456 g/mol. The van der Waals surface area contributed by atoms with Crippen LogP contribution in [-0.4, -0.2) is 29.4 Å². The molecule has 6 heteroatoms. The van der Waals surface area contributed by atoms with Crippen LogP contribution in [0.25, 0.3) is 6.08 Å². The lowest BCUT2D eigenvalue weighted by Gasteiger charge is -2.46. The molecule has 0 bridgehead atoms. The summed E-state index contributed by atoms with van der Waals surface area (Å²) in [5, 5.41) is 5.08. The minimum Gasteiger partial charge on any atom is -0.497 e. The molecule has 182 valence electrons. The summed E-state index contributed by atoms with van der Waals surface area (Å²) < 4.78 is 5.24. The Bertz CT molecular complexity index is 1130. The first-order valence-corrected chi connectivity index (χ1v) is 12.9. The molecule has 0 radical (unpaired) electrons. The van der Waals surface area contributed by atoms with E-state index in [2.05, 4.69) is 12.2 Å². The van der Waals surface area contributed by atoms with Crippen molar-refractivity contribution >= 4 is 34.9 Å². The van der Waals surface area contributed by atoms with Crippen molar-refractivity contribution < 1.29 is 14.3 Å². The third-order valence-corrected chi connectivity index (χ3v) is 7.61. The fraction of sp³-hybridized carbons (Fsp3) is 0.310. The summed E-state index contributed by atoms with van der Waals surface area (Å²) in [6.07, 6.45) is 6.48. The fourth-order valence-electron chi connectivity index (χ4n) is 4.62. The first-order chi connectivity index (χ1) is 17.0. The smallest absolute Gasteiger partial charge is 0.250 e. The molecule has 5 nitrogen and oxygen atoms in total. The number of anilines is 1. The standard InChI is InChI=1S/C29H32N2O3S/c1-22-16-18-29(19-17-22,28(33)30-24-10-12-25(34-2)13-11-24)31(21-23-7-4-3-5-8-23)27(32)15-14-26-9-6-20-35-26/h3-15,20,22H,16-19,21H2,1-2H3,(H,30,33)/b15-14+. The molecule has 0 unspecified atom stereocenters. The van der Waals surface area contributed by atoms with Crippen LogP contribution in [-0.2, 0) is 16.1 Å². The second-order valence-corrected chi connectivity index (χ2v) is 10.1. The predicted molar refractivity (Wildman–Crippen MR) is 142 cm³/mol. The number of carbonyl (C=O) groups excluding carboxylic acids is 2. The van der Waals surface area contributed by atoms with Crippen LogP contribution in [0, 0.1) is 5.92 Å². The van der Waals surface area contributed by atoms with E-state index < -0.39 is 5.54 Å². The molecule has 4 rings (SSSR count). The van der Waals surface area contributed by atoms with Gasteiger partial charge >= 0.3 is 0 Å². The van der Waals surface area contributed by atoms with Crippen molar-refractivity contribution in [3.05, 3.63) is 88.6 Å². The molecule has 0 aliphatic heterocycles. The predicted octanol–water partition coefficient (Wildman–Crippen LogP) is 6.39. The molecule has 1 N–H and O–H groups in total. The first-order valence-electron chi connectivity index (χ1n) is 12.0. The Kier molecular flexibility index (Phi) is 8.03. The SMILES string of the molecule is COc1ccc(NC(=O)C2(N(Cc3ccccc3)C(=O)/C=C/c3cccs3)CCC(C)CC2)cc1. The van der Waals surface area contributed by atoms with Crippen LogP contribution in [0.4, 0.5) is 5.69 Å². The topological polar surface area (TPSA) is 58.6 Å². The zero-order chi connectivity index (χ0) is 24.7. The van der Waals surface area contributed by atoms with E-state index >= 15 is 0 Å². The summed E-state index contributed by atoms with van der Waals surface area (Å²) >= 11 is 1.58. The summed E-state index contributed by atoms with van der Waals surface area (Å²) in [5.41, 5.74) is 0.759.